The molecule has 0 bridgehead atoms. The third kappa shape index (κ3) is 3.76. The van der Waals surface area contributed by atoms with Crippen molar-refractivity contribution in [1.29, 1.82) is 0 Å². The summed E-state index contributed by atoms with van der Waals surface area (Å²) in [6.07, 6.45) is 3.56. The number of piperidine rings is 1. The van der Waals surface area contributed by atoms with Crippen LogP contribution in [-0.4, -0.2) is 41.1 Å². The van der Waals surface area contributed by atoms with Crippen LogP contribution in [0.4, 0.5) is 4.79 Å². The quantitative estimate of drug-likeness (QED) is 0.577. The molecule has 0 aromatic carbocycles. The molecular weight excluding hydrogens is 220 g/mol. The molecule has 2 unspecified atom stereocenters. The van der Waals surface area contributed by atoms with E-state index in [0.717, 1.165) is 6.42 Å². The first-order valence-corrected chi connectivity index (χ1v) is 5.94. The van der Waals surface area contributed by atoms with Gasteiger partial charge in [0.05, 0.1) is 5.92 Å². The van der Waals surface area contributed by atoms with Crippen LogP contribution in [0, 0.1) is 5.92 Å². The fourth-order valence-electron chi connectivity index (χ4n) is 2.08. The molecule has 1 aliphatic rings. The van der Waals surface area contributed by atoms with Crippen molar-refractivity contribution in [3.05, 3.63) is 12.7 Å². The Hall–Kier alpha value is -1.52. The fraction of sp³-hybridized carbons (Fsp3) is 0.667. The van der Waals surface area contributed by atoms with Crippen LogP contribution in [0.2, 0.25) is 0 Å². The van der Waals surface area contributed by atoms with E-state index >= 15 is 0 Å². The van der Waals surface area contributed by atoms with Crippen LogP contribution in [0.15, 0.2) is 12.7 Å². The molecule has 0 spiro atoms. The number of urea groups is 1. The molecule has 0 saturated carbocycles. The average molecular weight is 240 g/mol. The first-order chi connectivity index (χ1) is 8.06. The van der Waals surface area contributed by atoms with Crippen LogP contribution in [0.3, 0.4) is 0 Å². The number of hydrogen-bond donors (Lipinski definition) is 2. The summed E-state index contributed by atoms with van der Waals surface area (Å²) in [4.78, 5) is 24.4. The van der Waals surface area contributed by atoms with Gasteiger partial charge in [-0.05, 0) is 26.2 Å². The largest absolute Gasteiger partial charge is 0.481 e. The summed E-state index contributed by atoms with van der Waals surface area (Å²) in [5.74, 6) is -1.08. The topological polar surface area (TPSA) is 69.6 Å². The van der Waals surface area contributed by atoms with E-state index in [2.05, 4.69) is 11.9 Å². The number of aliphatic carboxylic acids is 1. The molecule has 1 fully saturated rings. The van der Waals surface area contributed by atoms with Crippen molar-refractivity contribution in [2.75, 3.05) is 13.1 Å². The van der Waals surface area contributed by atoms with E-state index in [9.17, 15) is 9.59 Å². The van der Waals surface area contributed by atoms with Gasteiger partial charge in [-0.3, -0.25) is 4.79 Å². The third-order valence-electron chi connectivity index (χ3n) is 3.11. The summed E-state index contributed by atoms with van der Waals surface area (Å²) in [5.41, 5.74) is 0. The van der Waals surface area contributed by atoms with Crippen molar-refractivity contribution in [1.82, 2.24) is 10.2 Å². The molecule has 2 atom stereocenters. The zero-order valence-corrected chi connectivity index (χ0v) is 10.2. The number of likely N-dealkylation sites (tertiary alicyclic amines) is 1. The van der Waals surface area contributed by atoms with Crippen molar-refractivity contribution in [2.24, 2.45) is 5.92 Å². The van der Waals surface area contributed by atoms with Crippen molar-refractivity contribution in [2.45, 2.75) is 32.2 Å². The molecule has 1 heterocycles. The van der Waals surface area contributed by atoms with Gasteiger partial charge in [0.1, 0.15) is 0 Å². The molecule has 1 saturated heterocycles. The van der Waals surface area contributed by atoms with Gasteiger partial charge in [0.2, 0.25) is 0 Å². The molecule has 2 N–H and O–H groups in total. The average Bonchev–Trinajstić information content (AvgIpc) is 2.28. The second-order valence-electron chi connectivity index (χ2n) is 4.41. The Morgan fingerprint density at radius 2 is 2.29 bits per heavy atom. The lowest BCUT2D eigenvalue weighted by atomic mass is 9.92. The zero-order chi connectivity index (χ0) is 12.8. The molecule has 0 aromatic heterocycles. The first kappa shape index (κ1) is 13.5. The number of carboxylic acids is 1. The SMILES string of the molecule is C=CCCNC(=O)N1CCC(C(=O)O)CC1C. The standard InChI is InChI=1S/C12H20N2O3/c1-3-4-6-13-12(17)14-7-5-10(11(15)16)8-9(14)2/h3,9-10H,1,4-8H2,2H3,(H,13,17)(H,15,16). The number of nitrogens with one attached hydrogen (secondary N) is 1. The van der Waals surface area contributed by atoms with Crippen LogP contribution in [-0.2, 0) is 4.79 Å². The van der Waals surface area contributed by atoms with E-state index in [-0.39, 0.29) is 18.0 Å². The lowest BCUT2D eigenvalue weighted by molar-refractivity contribution is -0.143. The van der Waals surface area contributed by atoms with Crippen LogP contribution >= 0.6 is 0 Å². The minimum atomic E-state index is -0.761. The smallest absolute Gasteiger partial charge is 0.317 e. The lowest BCUT2D eigenvalue weighted by Gasteiger charge is -2.36. The molecule has 2 amide bonds. The molecule has 17 heavy (non-hydrogen) atoms. The van der Waals surface area contributed by atoms with Gasteiger partial charge in [0.25, 0.3) is 0 Å². The van der Waals surface area contributed by atoms with E-state index < -0.39 is 5.97 Å². The number of carbonyl (C=O) groups is 2. The number of amides is 2. The fourth-order valence-corrected chi connectivity index (χ4v) is 2.08. The molecular formula is C12H20N2O3. The molecule has 0 aliphatic carbocycles. The Balaban J connectivity index is 2.43. The van der Waals surface area contributed by atoms with Crippen molar-refractivity contribution in [3.8, 4) is 0 Å². The van der Waals surface area contributed by atoms with Gasteiger partial charge in [-0.15, -0.1) is 6.58 Å². The number of carbonyl (C=O) groups excluding carboxylic acids is 1. The summed E-state index contributed by atoms with van der Waals surface area (Å²) in [6, 6.07) is -0.128. The lowest BCUT2D eigenvalue weighted by Crippen LogP contribution is -2.50. The molecule has 0 radical (unpaired) electrons. The zero-order valence-electron chi connectivity index (χ0n) is 10.2. The van der Waals surface area contributed by atoms with Crippen LogP contribution in [0.5, 0.6) is 0 Å². The minimum Gasteiger partial charge on any atom is -0.481 e. The number of hydrogen-bond acceptors (Lipinski definition) is 2. The minimum absolute atomic E-state index is 0.0198. The Labute approximate surface area is 101 Å². The van der Waals surface area contributed by atoms with E-state index in [0.29, 0.717) is 25.9 Å². The van der Waals surface area contributed by atoms with Gasteiger partial charge in [-0.2, -0.15) is 0 Å². The molecule has 5 heteroatoms. The van der Waals surface area contributed by atoms with Gasteiger partial charge < -0.3 is 15.3 Å². The van der Waals surface area contributed by atoms with Gasteiger partial charge >= 0.3 is 12.0 Å². The second-order valence-corrected chi connectivity index (χ2v) is 4.41. The molecule has 0 aromatic rings. The highest BCUT2D eigenvalue weighted by molar-refractivity contribution is 5.75. The van der Waals surface area contributed by atoms with Crippen molar-refractivity contribution >= 4 is 12.0 Å². The van der Waals surface area contributed by atoms with E-state index in [1.807, 2.05) is 6.92 Å². The summed E-state index contributed by atoms with van der Waals surface area (Å²) in [6.45, 7) is 6.56. The summed E-state index contributed by atoms with van der Waals surface area (Å²) in [5, 5.41) is 11.7. The van der Waals surface area contributed by atoms with Gasteiger partial charge in [-0.25, -0.2) is 4.79 Å². The highest BCUT2D eigenvalue weighted by atomic mass is 16.4. The van der Waals surface area contributed by atoms with Crippen LogP contribution in [0.25, 0.3) is 0 Å². The van der Waals surface area contributed by atoms with Gasteiger partial charge in [0.15, 0.2) is 0 Å². The van der Waals surface area contributed by atoms with Crippen LogP contribution in [0.1, 0.15) is 26.2 Å². The maximum absolute atomic E-state index is 11.8. The monoisotopic (exact) mass is 240 g/mol. The third-order valence-corrected chi connectivity index (χ3v) is 3.11. The predicted octanol–water partition coefficient (Wildman–Crippen LogP) is 1.46. The Morgan fingerprint density at radius 3 is 2.82 bits per heavy atom. The Bertz CT molecular complexity index is 304. The van der Waals surface area contributed by atoms with Gasteiger partial charge in [-0.1, -0.05) is 6.08 Å². The Kier molecular flexibility index (Phi) is 5.00. The van der Waals surface area contributed by atoms with Crippen molar-refractivity contribution < 1.29 is 14.7 Å². The molecule has 5 nitrogen and oxygen atoms in total. The Morgan fingerprint density at radius 1 is 1.59 bits per heavy atom. The van der Waals surface area contributed by atoms with E-state index in [1.165, 1.54) is 0 Å². The molecule has 1 rings (SSSR count). The number of nitrogens with zero attached hydrogens (tertiary/aromatic N) is 1. The van der Waals surface area contributed by atoms with Gasteiger partial charge in [0, 0.05) is 19.1 Å². The van der Waals surface area contributed by atoms with Crippen molar-refractivity contribution in [3.63, 3.8) is 0 Å². The maximum atomic E-state index is 11.8. The summed E-state index contributed by atoms with van der Waals surface area (Å²) >= 11 is 0. The van der Waals surface area contributed by atoms with E-state index in [4.69, 9.17) is 5.11 Å². The molecule has 1 aliphatic heterocycles. The highest BCUT2D eigenvalue weighted by Gasteiger charge is 2.31. The highest BCUT2D eigenvalue weighted by Crippen LogP contribution is 2.22. The second kappa shape index (κ2) is 6.27. The maximum Gasteiger partial charge on any atom is 0.317 e. The summed E-state index contributed by atoms with van der Waals surface area (Å²) in [7, 11) is 0. The predicted molar refractivity (Wildman–Crippen MR) is 64.7 cm³/mol. The number of carboxylic acid groups (broad SMARTS) is 1. The molecule has 96 valence electrons. The number of rotatable bonds is 4. The van der Waals surface area contributed by atoms with E-state index in [1.54, 1.807) is 11.0 Å². The first-order valence-electron chi connectivity index (χ1n) is 5.94. The summed E-state index contributed by atoms with van der Waals surface area (Å²) < 4.78 is 0. The van der Waals surface area contributed by atoms with Crippen LogP contribution < -0.4 is 5.32 Å². The normalized spacial score (nSPS) is 24.2.